The van der Waals surface area contributed by atoms with Gasteiger partial charge in [-0.05, 0) is 66.9 Å². The highest BCUT2D eigenvalue weighted by molar-refractivity contribution is 6.30. The fourth-order valence-electron chi connectivity index (χ4n) is 3.82. The Kier molecular flexibility index (Phi) is 5.81. The second kappa shape index (κ2) is 8.64. The van der Waals surface area contributed by atoms with Crippen molar-refractivity contribution in [3.8, 4) is 0 Å². The third-order valence-electron chi connectivity index (χ3n) is 5.21. The van der Waals surface area contributed by atoms with Crippen molar-refractivity contribution >= 4 is 11.6 Å². The molecule has 1 aliphatic rings. The van der Waals surface area contributed by atoms with Crippen LogP contribution in [0.3, 0.4) is 0 Å². The lowest BCUT2D eigenvalue weighted by molar-refractivity contribution is 0.198. The number of piperidine rings is 1. The van der Waals surface area contributed by atoms with Crippen LogP contribution in [0.2, 0.25) is 5.02 Å². The first-order valence-corrected chi connectivity index (χ1v) is 9.95. The Bertz CT molecular complexity index is 864. The van der Waals surface area contributed by atoms with Crippen LogP contribution in [0, 0.1) is 0 Å². The molecule has 3 aromatic rings. The zero-order valence-corrected chi connectivity index (χ0v) is 16.1. The molecule has 0 bridgehead atoms. The molecular formula is C23H24ClN3. The number of rotatable bonds is 5. The van der Waals surface area contributed by atoms with Crippen LogP contribution in [-0.2, 0) is 13.0 Å². The Labute approximate surface area is 166 Å². The molecule has 4 heteroatoms. The zero-order valence-electron chi connectivity index (χ0n) is 15.4. The number of benzene rings is 1. The predicted octanol–water partition coefficient (Wildman–Crippen LogP) is 5.10. The Morgan fingerprint density at radius 3 is 2.59 bits per heavy atom. The molecule has 0 saturated carbocycles. The van der Waals surface area contributed by atoms with E-state index in [1.165, 1.54) is 29.7 Å². The third-order valence-corrected chi connectivity index (χ3v) is 5.46. The molecule has 4 rings (SSSR count). The van der Waals surface area contributed by atoms with Crippen molar-refractivity contribution in [1.29, 1.82) is 0 Å². The summed E-state index contributed by atoms with van der Waals surface area (Å²) in [6.45, 7) is 3.21. The summed E-state index contributed by atoms with van der Waals surface area (Å²) in [5, 5.41) is 0.775. The van der Waals surface area contributed by atoms with Gasteiger partial charge in [-0.25, -0.2) is 0 Å². The van der Waals surface area contributed by atoms with Crippen LogP contribution in [0.4, 0.5) is 0 Å². The van der Waals surface area contributed by atoms with E-state index < -0.39 is 0 Å². The summed E-state index contributed by atoms with van der Waals surface area (Å²) in [6.07, 6.45) is 7.03. The maximum Gasteiger partial charge on any atom is 0.0450 e. The van der Waals surface area contributed by atoms with Gasteiger partial charge < -0.3 is 0 Å². The van der Waals surface area contributed by atoms with Crippen molar-refractivity contribution in [2.45, 2.75) is 31.7 Å². The van der Waals surface area contributed by atoms with Crippen molar-refractivity contribution in [2.75, 3.05) is 13.1 Å². The average molecular weight is 378 g/mol. The number of hydrogen-bond acceptors (Lipinski definition) is 3. The summed E-state index contributed by atoms with van der Waals surface area (Å²) in [4.78, 5) is 11.6. The van der Waals surface area contributed by atoms with Gasteiger partial charge >= 0.3 is 0 Å². The van der Waals surface area contributed by atoms with Crippen LogP contribution in [0.1, 0.15) is 41.3 Å². The van der Waals surface area contributed by atoms with Gasteiger partial charge in [-0.1, -0.05) is 29.8 Å². The highest BCUT2D eigenvalue weighted by Gasteiger charge is 2.22. The first-order chi connectivity index (χ1) is 13.3. The molecule has 2 aromatic heterocycles. The minimum Gasteiger partial charge on any atom is -0.298 e. The largest absolute Gasteiger partial charge is 0.298 e. The van der Waals surface area contributed by atoms with Gasteiger partial charge in [0.05, 0.1) is 0 Å². The van der Waals surface area contributed by atoms with Gasteiger partial charge in [0.2, 0.25) is 0 Å². The summed E-state index contributed by atoms with van der Waals surface area (Å²) in [6, 6.07) is 18.7. The van der Waals surface area contributed by atoms with Gasteiger partial charge in [0.1, 0.15) is 0 Å². The van der Waals surface area contributed by atoms with Crippen LogP contribution in [0.25, 0.3) is 0 Å². The fraction of sp³-hybridized carbons (Fsp3) is 0.304. The second-order valence-corrected chi connectivity index (χ2v) is 7.72. The van der Waals surface area contributed by atoms with E-state index in [-0.39, 0.29) is 0 Å². The summed E-state index contributed by atoms with van der Waals surface area (Å²) < 4.78 is 0. The maximum absolute atomic E-state index is 5.99. The van der Waals surface area contributed by atoms with Crippen molar-refractivity contribution in [3.05, 3.63) is 94.5 Å². The monoisotopic (exact) mass is 377 g/mol. The molecule has 27 heavy (non-hydrogen) atoms. The quantitative estimate of drug-likeness (QED) is 0.619. The zero-order chi connectivity index (χ0) is 18.5. The Morgan fingerprint density at radius 1 is 0.963 bits per heavy atom. The molecule has 0 spiro atoms. The molecule has 1 aromatic carbocycles. The summed E-state index contributed by atoms with van der Waals surface area (Å²) in [7, 11) is 0. The molecule has 0 amide bonds. The standard InChI is InChI=1S/C23H24ClN3/c24-21-8-6-18(7-9-21)15-22-4-1-5-23(26-22)20-3-2-14-27(17-20)16-19-10-12-25-13-11-19/h1,4-13,20H,2-3,14-17H2/t20-/m1/s1. The lowest BCUT2D eigenvalue weighted by Crippen LogP contribution is -2.34. The molecule has 1 saturated heterocycles. The number of aromatic nitrogens is 2. The van der Waals surface area contributed by atoms with Crippen LogP contribution in [0.15, 0.2) is 67.0 Å². The van der Waals surface area contributed by atoms with E-state index in [1.807, 2.05) is 24.5 Å². The van der Waals surface area contributed by atoms with Crippen molar-refractivity contribution < 1.29 is 0 Å². The van der Waals surface area contributed by atoms with E-state index in [2.05, 4.69) is 52.3 Å². The molecule has 1 fully saturated rings. The van der Waals surface area contributed by atoms with E-state index in [1.54, 1.807) is 0 Å². The summed E-state index contributed by atoms with van der Waals surface area (Å²) in [5.74, 6) is 0.505. The molecule has 1 atom stereocenters. The second-order valence-electron chi connectivity index (χ2n) is 7.29. The number of pyridine rings is 2. The molecular weight excluding hydrogens is 354 g/mol. The minimum atomic E-state index is 0.505. The smallest absolute Gasteiger partial charge is 0.0450 e. The van der Waals surface area contributed by atoms with E-state index >= 15 is 0 Å². The fourth-order valence-corrected chi connectivity index (χ4v) is 3.95. The number of hydrogen-bond donors (Lipinski definition) is 0. The highest BCUT2D eigenvalue weighted by Crippen LogP contribution is 2.27. The van der Waals surface area contributed by atoms with Crippen LogP contribution in [-0.4, -0.2) is 28.0 Å². The van der Waals surface area contributed by atoms with E-state index in [0.717, 1.165) is 36.8 Å². The molecule has 3 heterocycles. The van der Waals surface area contributed by atoms with Gasteiger partial charge in [0.25, 0.3) is 0 Å². The topological polar surface area (TPSA) is 29.0 Å². The Hall–Kier alpha value is -2.23. The Morgan fingerprint density at radius 2 is 1.78 bits per heavy atom. The number of likely N-dealkylation sites (tertiary alicyclic amines) is 1. The Balaban J connectivity index is 1.43. The lowest BCUT2D eigenvalue weighted by atomic mass is 9.93. The summed E-state index contributed by atoms with van der Waals surface area (Å²) >= 11 is 5.99. The van der Waals surface area contributed by atoms with E-state index in [0.29, 0.717) is 5.92 Å². The van der Waals surface area contributed by atoms with Crippen molar-refractivity contribution in [3.63, 3.8) is 0 Å². The van der Waals surface area contributed by atoms with Gasteiger partial charge in [0.15, 0.2) is 0 Å². The lowest BCUT2D eigenvalue weighted by Gasteiger charge is -2.32. The highest BCUT2D eigenvalue weighted by atomic mass is 35.5. The third kappa shape index (κ3) is 4.94. The average Bonchev–Trinajstić information content (AvgIpc) is 2.71. The van der Waals surface area contributed by atoms with Gasteiger partial charge in [-0.2, -0.15) is 0 Å². The molecule has 0 N–H and O–H groups in total. The predicted molar refractivity (Wildman–Crippen MR) is 110 cm³/mol. The SMILES string of the molecule is Clc1ccc(Cc2cccc([C@@H]3CCCN(Cc4ccncc4)C3)n2)cc1. The first kappa shape index (κ1) is 18.1. The molecule has 138 valence electrons. The van der Waals surface area contributed by atoms with Crippen LogP contribution < -0.4 is 0 Å². The summed E-state index contributed by atoms with van der Waals surface area (Å²) in [5.41, 5.74) is 4.92. The molecule has 1 aliphatic heterocycles. The van der Waals surface area contributed by atoms with Gasteiger partial charge in [-0.3, -0.25) is 14.9 Å². The molecule has 0 radical (unpaired) electrons. The molecule has 0 aliphatic carbocycles. The number of halogens is 1. The molecule has 3 nitrogen and oxygen atoms in total. The van der Waals surface area contributed by atoms with Gasteiger partial charge in [0, 0.05) is 54.2 Å². The molecule has 0 unspecified atom stereocenters. The van der Waals surface area contributed by atoms with Gasteiger partial charge in [-0.15, -0.1) is 0 Å². The van der Waals surface area contributed by atoms with Crippen molar-refractivity contribution in [1.82, 2.24) is 14.9 Å². The van der Waals surface area contributed by atoms with Crippen LogP contribution >= 0.6 is 11.6 Å². The first-order valence-electron chi connectivity index (χ1n) is 9.58. The maximum atomic E-state index is 5.99. The minimum absolute atomic E-state index is 0.505. The normalized spacial score (nSPS) is 17.7. The van der Waals surface area contributed by atoms with E-state index in [9.17, 15) is 0 Å². The van der Waals surface area contributed by atoms with Crippen molar-refractivity contribution in [2.24, 2.45) is 0 Å². The van der Waals surface area contributed by atoms with Crippen LogP contribution in [0.5, 0.6) is 0 Å². The number of nitrogens with zero attached hydrogens (tertiary/aromatic N) is 3. The van der Waals surface area contributed by atoms with E-state index in [4.69, 9.17) is 16.6 Å².